The Bertz CT molecular complexity index is 944. The number of ether oxygens (including phenoxy) is 1. The molecule has 1 N–H and O–H groups in total. The largest absolute Gasteiger partial charge is 0.489 e. The van der Waals surface area contributed by atoms with Gasteiger partial charge in [-0.05, 0) is 36.8 Å². The van der Waals surface area contributed by atoms with Crippen molar-refractivity contribution in [1.82, 2.24) is 0 Å². The van der Waals surface area contributed by atoms with Crippen molar-refractivity contribution >= 4 is 38.9 Å². The van der Waals surface area contributed by atoms with Crippen LogP contribution >= 0.6 is 11.6 Å². The Morgan fingerprint density at radius 1 is 1.28 bits per heavy atom. The maximum atomic E-state index is 12.7. The third-order valence-electron chi connectivity index (χ3n) is 3.87. The summed E-state index contributed by atoms with van der Waals surface area (Å²) in [6, 6.07) is 9.57. The van der Waals surface area contributed by atoms with E-state index in [9.17, 15) is 13.2 Å². The molecule has 0 atom stereocenters. The summed E-state index contributed by atoms with van der Waals surface area (Å²) in [4.78, 5) is 13.4. The molecule has 3 rings (SSSR count). The smallest absolute Gasteiger partial charge is 0.262 e. The van der Waals surface area contributed by atoms with Gasteiger partial charge in [0.15, 0.2) is 0 Å². The van der Waals surface area contributed by atoms with E-state index in [4.69, 9.17) is 16.3 Å². The Labute approximate surface area is 151 Å². The van der Waals surface area contributed by atoms with E-state index in [-0.39, 0.29) is 10.8 Å². The molecule has 0 unspecified atom stereocenters. The van der Waals surface area contributed by atoms with Crippen LogP contribution in [-0.4, -0.2) is 27.5 Å². The Morgan fingerprint density at radius 3 is 2.72 bits per heavy atom. The summed E-state index contributed by atoms with van der Waals surface area (Å²) in [7, 11) is -3.82. The molecule has 132 valence electrons. The van der Waals surface area contributed by atoms with E-state index in [1.807, 2.05) is 0 Å². The first-order chi connectivity index (χ1) is 11.8. The van der Waals surface area contributed by atoms with E-state index in [1.165, 1.54) is 19.1 Å². The van der Waals surface area contributed by atoms with Gasteiger partial charge in [0, 0.05) is 18.0 Å². The number of fused-ring (bicyclic) bond motifs is 1. The van der Waals surface area contributed by atoms with Crippen LogP contribution in [0.25, 0.3) is 0 Å². The summed E-state index contributed by atoms with van der Waals surface area (Å²) in [5, 5.41) is 0.433. The molecule has 1 amide bonds. The lowest BCUT2D eigenvalue weighted by Crippen LogP contribution is -2.36. The van der Waals surface area contributed by atoms with Crippen molar-refractivity contribution in [3.05, 3.63) is 47.0 Å². The van der Waals surface area contributed by atoms with Gasteiger partial charge in [-0.1, -0.05) is 17.7 Å². The van der Waals surface area contributed by atoms with Gasteiger partial charge in [0.25, 0.3) is 10.0 Å². The number of rotatable bonds is 3. The molecule has 0 spiro atoms. The lowest BCUT2D eigenvalue weighted by Gasteiger charge is -2.29. The number of nitrogens with zero attached hydrogens (tertiary/aromatic N) is 1. The Morgan fingerprint density at radius 2 is 2.04 bits per heavy atom. The van der Waals surface area contributed by atoms with E-state index in [0.717, 1.165) is 0 Å². The topological polar surface area (TPSA) is 75.7 Å². The van der Waals surface area contributed by atoms with Crippen molar-refractivity contribution in [1.29, 1.82) is 0 Å². The highest BCUT2D eigenvalue weighted by atomic mass is 35.5. The molecule has 8 heteroatoms. The monoisotopic (exact) mass is 380 g/mol. The minimum absolute atomic E-state index is 0.0941. The SMILES string of the molecule is CC(=O)N1CCOc2cc(S(=O)(=O)Nc3cccc(Cl)c3)c(C)cc21. The minimum Gasteiger partial charge on any atom is -0.489 e. The second kappa shape index (κ2) is 6.57. The molecule has 25 heavy (non-hydrogen) atoms. The predicted octanol–water partition coefficient (Wildman–Crippen LogP) is 3.19. The van der Waals surface area contributed by atoms with Crippen LogP contribution in [0.15, 0.2) is 41.3 Å². The molecular formula is C17H17ClN2O4S. The fourth-order valence-corrected chi connectivity index (χ4v) is 4.21. The quantitative estimate of drug-likeness (QED) is 0.887. The van der Waals surface area contributed by atoms with Gasteiger partial charge in [-0.25, -0.2) is 8.42 Å². The molecule has 0 fully saturated rings. The van der Waals surface area contributed by atoms with Crippen molar-refractivity contribution in [3.8, 4) is 5.75 Å². The van der Waals surface area contributed by atoms with Crippen molar-refractivity contribution in [3.63, 3.8) is 0 Å². The number of anilines is 2. The summed E-state index contributed by atoms with van der Waals surface area (Å²) in [5.74, 6) is 0.259. The maximum Gasteiger partial charge on any atom is 0.262 e. The molecule has 0 bridgehead atoms. The molecule has 1 aliphatic rings. The molecular weight excluding hydrogens is 364 g/mol. The van der Waals surface area contributed by atoms with Crippen LogP contribution in [-0.2, 0) is 14.8 Å². The lowest BCUT2D eigenvalue weighted by atomic mass is 10.1. The highest BCUT2D eigenvalue weighted by Crippen LogP contribution is 2.36. The summed E-state index contributed by atoms with van der Waals surface area (Å²) in [6.07, 6.45) is 0. The van der Waals surface area contributed by atoms with Crippen LogP contribution < -0.4 is 14.4 Å². The second-order valence-electron chi connectivity index (χ2n) is 5.72. The number of halogens is 1. The number of hydrogen-bond donors (Lipinski definition) is 1. The van der Waals surface area contributed by atoms with Gasteiger partial charge in [-0.2, -0.15) is 0 Å². The highest BCUT2D eigenvalue weighted by Gasteiger charge is 2.26. The van der Waals surface area contributed by atoms with Gasteiger partial charge in [0.05, 0.1) is 22.8 Å². The van der Waals surface area contributed by atoms with Crippen molar-refractivity contribution in [2.24, 2.45) is 0 Å². The molecule has 0 saturated carbocycles. The average Bonchev–Trinajstić information content (AvgIpc) is 2.53. The number of hydrogen-bond acceptors (Lipinski definition) is 4. The fourth-order valence-electron chi connectivity index (χ4n) is 2.73. The standard InChI is InChI=1S/C17H17ClN2O4S/c1-11-8-15-16(24-7-6-20(15)12(2)21)10-17(11)25(22,23)19-14-5-3-4-13(18)9-14/h3-5,8-10,19H,6-7H2,1-2H3. The van der Waals surface area contributed by atoms with Crippen LogP contribution in [0.4, 0.5) is 11.4 Å². The van der Waals surface area contributed by atoms with E-state index in [2.05, 4.69) is 4.72 Å². The Kier molecular flexibility index (Phi) is 4.62. The minimum atomic E-state index is -3.82. The van der Waals surface area contributed by atoms with Gasteiger partial charge < -0.3 is 9.64 Å². The lowest BCUT2D eigenvalue weighted by molar-refractivity contribution is -0.116. The fraction of sp³-hybridized carbons (Fsp3) is 0.235. The molecule has 2 aromatic carbocycles. The molecule has 1 aliphatic heterocycles. The van der Waals surface area contributed by atoms with Crippen LogP contribution in [0.1, 0.15) is 12.5 Å². The summed E-state index contributed by atoms with van der Waals surface area (Å²) < 4.78 is 33.6. The first kappa shape index (κ1) is 17.6. The van der Waals surface area contributed by atoms with Gasteiger partial charge in [-0.15, -0.1) is 0 Å². The Hall–Kier alpha value is -2.25. The third-order valence-corrected chi connectivity index (χ3v) is 5.62. The zero-order valence-corrected chi connectivity index (χ0v) is 15.3. The predicted molar refractivity (Wildman–Crippen MR) is 97.0 cm³/mol. The molecule has 0 aromatic heterocycles. The normalized spacial score (nSPS) is 13.8. The zero-order chi connectivity index (χ0) is 18.2. The van der Waals surface area contributed by atoms with Crippen LogP contribution in [0.5, 0.6) is 5.75 Å². The van der Waals surface area contributed by atoms with E-state index < -0.39 is 10.0 Å². The second-order valence-corrected chi connectivity index (χ2v) is 7.81. The van der Waals surface area contributed by atoms with Crippen LogP contribution in [0, 0.1) is 6.92 Å². The molecule has 0 radical (unpaired) electrons. The van der Waals surface area contributed by atoms with Crippen LogP contribution in [0.2, 0.25) is 5.02 Å². The molecule has 0 aliphatic carbocycles. The van der Waals surface area contributed by atoms with E-state index in [0.29, 0.717) is 40.9 Å². The van der Waals surface area contributed by atoms with Crippen molar-refractivity contribution in [2.75, 3.05) is 22.8 Å². The first-order valence-electron chi connectivity index (χ1n) is 7.62. The number of aryl methyl sites for hydroxylation is 1. The first-order valence-corrected chi connectivity index (χ1v) is 9.48. The average molecular weight is 381 g/mol. The molecule has 1 heterocycles. The maximum absolute atomic E-state index is 12.7. The zero-order valence-electron chi connectivity index (χ0n) is 13.7. The number of amides is 1. The third kappa shape index (κ3) is 3.57. The number of nitrogens with one attached hydrogen (secondary N) is 1. The van der Waals surface area contributed by atoms with Gasteiger partial charge in [-0.3, -0.25) is 9.52 Å². The molecule has 6 nitrogen and oxygen atoms in total. The van der Waals surface area contributed by atoms with Gasteiger partial charge in [0.2, 0.25) is 5.91 Å². The van der Waals surface area contributed by atoms with Crippen molar-refractivity contribution < 1.29 is 17.9 Å². The van der Waals surface area contributed by atoms with E-state index >= 15 is 0 Å². The number of benzene rings is 2. The Balaban J connectivity index is 2.01. The molecule has 2 aromatic rings. The van der Waals surface area contributed by atoms with Gasteiger partial charge >= 0.3 is 0 Å². The van der Waals surface area contributed by atoms with Crippen LogP contribution in [0.3, 0.4) is 0 Å². The highest BCUT2D eigenvalue weighted by molar-refractivity contribution is 7.92. The summed E-state index contributed by atoms with van der Waals surface area (Å²) in [5.41, 5.74) is 1.47. The molecule has 0 saturated heterocycles. The van der Waals surface area contributed by atoms with Crippen molar-refractivity contribution in [2.45, 2.75) is 18.7 Å². The number of sulfonamides is 1. The van der Waals surface area contributed by atoms with E-state index in [1.54, 1.807) is 36.1 Å². The summed E-state index contributed by atoms with van der Waals surface area (Å²) in [6.45, 7) is 3.90. The number of carbonyl (C=O) groups is 1. The summed E-state index contributed by atoms with van der Waals surface area (Å²) >= 11 is 5.90. The number of carbonyl (C=O) groups excluding carboxylic acids is 1. The van der Waals surface area contributed by atoms with Gasteiger partial charge in [0.1, 0.15) is 12.4 Å².